The fourth-order valence-electron chi connectivity index (χ4n) is 3.11. The average molecular weight is 365 g/mol. The fourth-order valence-corrected chi connectivity index (χ4v) is 3.11. The van der Waals surface area contributed by atoms with Crippen molar-refractivity contribution in [3.8, 4) is 5.75 Å². The molecular weight excluding hydrogens is 344 g/mol. The van der Waals surface area contributed by atoms with Gasteiger partial charge >= 0.3 is 0 Å². The summed E-state index contributed by atoms with van der Waals surface area (Å²) in [6.07, 6.45) is 1.55. The van der Waals surface area contributed by atoms with Crippen molar-refractivity contribution in [1.29, 1.82) is 0 Å². The van der Waals surface area contributed by atoms with Crippen LogP contribution in [0.4, 0.5) is 8.78 Å². The molecule has 1 atom stereocenters. The number of carbonyl (C=O) groups is 1. The number of amides is 1. The first-order valence-corrected chi connectivity index (χ1v) is 8.62. The molecule has 0 radical (unpaired) electrons. The summed E-state index contributed by atoms with van der Waals surface area (Å²) in [5.74, 6) is -0.215. The molecule has 6 nitrogen and oxygen atoms in total. The van der Waals surface area contributed by atoms with Crippen molar-refractivity contribution in [2.24, 2.45) is 5.92 Å². The smallest absolute Gasteiger partial charge is 0.263 e. The van der Waals surface area contributed by atoms with Gasteiger partial charge in [0.15, 0.2) is 23.5 Å². The van der Waals surface area contributed by atoms with Gasteiger partial charge in [0, 0.05) is 32.5 Å². The highest BCUT2D eigenvalue weighted by Crippen LogP contribution is 2.23. The minimum Gasteiger partial charge on any atom is -0.478 e. The van der Waals surface area contributed by atoms with Crippen LogP contribution in [0.25, 0.3) is 0 Å². The van der Waals surface area contributed by atoms with E-state index in [0.717, 1.165) is 31.4 Å². The SMILES string of the molecule is Cc1nc(CC2CCN(C(=O)[C@H](C)Oc3ccc(F)cc3F)CC2)no1. The first-order valence-electron chi connectivity index (χ1n) is 8.62. The Kier molecular flexibility index (Phi) is 5.49. The molecule has 0 unspecified atom stereocenters. The molecule has 1 aromatic heterocycles. The number of nitrogens with zero attached hydrogens (tertiary/aromatic N) is 3. The maximum atomic E-state index is 13.7. The molecule has 0 bridgehead atoms. The van der Waals surface area contributed by atoms with Crippen molar-refractivity contribution >= 4 is 5.91 Å². The fraction of sp³-hybridized carbons (Fsp3) is 0.500. The average Bonchev–Trinajstić information content (AvgIpc) is 3.02. The highest BCUT2D eigenvalue weighted by atomic mass is 19.1. The Morgan fingerprint density at radius 3 is 2.73 bits per heavy atom. The summed E-state index contributed by atoms with van der Waals surface area (Å²) < 4.78 is 37.0. The van der Waals surface area contributed by atoms with Crippen LogP contribution in [0.3, 0.4) is 0 Å². The van der Waals surface area contributed by atoms with Gasteiger partial charge < -0.3 is 14.2 Å². The Morgan fingerprint density at radius 2 is 2.12 bits per heavy atom. The summed E-state index contributed by atoms with van der Waals surface area (Å²) in [5, 5.41) is 3.90. The molecule has 1 aliphatic heterocycles. The predicted molar refractivity (Wildman–Crippen MR) is 88.5 cm³/mol. The summed E-state index contributed by atoms with van der Waals surface area (Å²) in [5.41, 5.74) is 0. The molecule has 1 amide bonds. The Balaban J connectivity index is 1.51. The number of hydrogen-bond donors (Lipinski definition) is 0. The van der Waals surface area contributed by atoms with E-state index in [1.165, 1.54) is 6.07 Å². The second-order valence-electron chi connectivity index (χ2n) is 6.54. The van der Waals surface area contributed by atoms with Gasteiger partial charge in [-0.3, -0.25) is 4.79 Å². The van der Waals surface area contributed by atoms with Crippen LogP contribution in [0.5, 0.6) is 5.75 Å². The van der Waals surface area contributed by atoms with Gasteiger partial charge in [-0.2, -0.15) is 4.98 Å². The molecular formula is C18H21F2N3O3. The lowest BCUT2D eigenvalue weighted by molar-refractivity contribution is -0.139. The number of piperidine rings is 1. The zero-order valence-corrected chi connectivity index (χ0v) is 14.7. The minimum absolute atomic E-state index is 0.130. The van der Waals surface area contributed by atoms with Crippen molar-refractivity contribution in [3.63, 3.8) is 0 Å². The Morgan fingerprint density at radius 1 is 1.38 bits per heavy atom. The van der Waals surface area contributed by atoms with Gasteiger partial charge in [0.25, 0.3) is 5.91 Å². The maximum absolute atomic E-state index is 13.7. The zero-order chi connectivity index (χ0) is 18.7. The van der Waals surface area contributed by atoms with E-state index in [1.807, 2.05) is 0 Å². The normalized spacial score (nSPS) is 16.5. The van der Waals surface area contributed by atoms with E-state index in [2.05, 4.69) is 10.1 Å². The topological polar surface area (TPSA) is 68.5 Å². The van der Waals surface area contributed by atoms with Gasteiger partial charge in [-0.15, -0.1) is 0 Å². The Labute approximate surface area is 150 Å². The summed E-state index contributed by atoms with van der Waals surface area (Å²) in [4.78, 5) is 18.4. The van der Waals surface area contributed by atoms with Gasteiger partial charge in [-0.1, -0.05) is 5.16 Å². The Bertz CT molecular complexity index is 773. The lowest BCUT2D eigenvalue weighted by Crippen LogP contribution is -2.45. The van der Waals surface area contributed by atoms with Crippen molar-refractivity contribution in [3.05, 3.63) is 41.5 Å². The Hall–Kier alpha value is -2.51. The van der Waals surface area contributed by atoms with E-state index in [0.29, 0.717) is 30.7 Å². The second-order valence-corrected chi connectivity index (χ2v) is 6.54. The molecule has 2 heterocycles. The molecule has 2 aromatic rings. The summed E-state index contributed by atoms with van der Waals surface area (Å²) in [6, 6.07) is 3.02. The molecule has 1 aliphatic rings. The third kappa shape index (κ3) is 4.36. The van der Waals surface area contributed by atoms with Crippen LogP contribution in [-0.4, -0.2) is 40.1 Å². The minimum atomic E-state index is -0.841. The molecule has 26 heavy (non-hydrogen) atoms. The van der Waals surface area contributed by atoms with Crippen LogP contribution in [0.1, 0.15) is 31.5 Å². The number of rotatable bonds is 5. The van der Waals surface area contributed by atoms with E-state index in [4.69, 9.17) is 9.26 Å². The monoisotopic (exact) mass is 365 g/mol. The van der Waals surface area contributed by atoms with Crippen LogP contribution < -0.4 is 4.74 Å². The molecule has 8 heteroatoms. The standard InChI is InChI=1S/C18H21F2N3O3/c1-11(25-16-4-3-14(19)10-15(16)20)18(24)23-7-5-13(6-8-23)9-17-21-12(2)26-22-17/h3-4,10-11,13H,5-9H2,1-2H3/t11-/m0/s1. The van der Waals surface area contributed by atoms with Crippen molar-refractivity contribution in [1.82, 2.24) is 15.0 Å². The predicted octanol–water partition coefficient (Wildman–Crippen LogP) is 2.90. The van der Waals surface area contributed by atoms with Gasteiger partial charge in [-0.05, 0) is 37.8 Å². The van der Waals surface area contributed by atoms with Crippen LogP contribution >= 0.6 is 0 Å². The number of ether oxygens (including phenoxy) is 1. The van der Waals surface area contributed by atoms with E-state index >= 15 is 0 Å². The summed E-state index contributed by atoms with van der Waals surface area (Å²) in [6.45, 7) is 4.52. The first-order chi connectivity index (χ1) is 12.4. The number of aryl methyl sites for hydroxylation is 1. The van der Waals surface area contributed by atoms with Gasteiger partial charge in [0.05, 0.1) is 0 Å². The van der Waals surface area contributed by atoms with E-state index in [-0.39, 0.29) is 11.7 Å². The second kappa shape index (κ2) is 7.80. The number of halogens is 2. The van der Waals surface area contributed by atoms with Crippen LogP contribution in [0.2, 0.25) is 0 Å². The summed E-state index contributed by atoms with van der Waals surface area (Å²) in [7, 11) is 0. The van der Waals surface area contributed by atoms with Crippen LogP contribution in [-0.2, 0) is 11.2 Å². The molecule has 1 fully saturated rings. The number of benzene rings is 1. The van der Waals surface area contributed by atoms with Crippen LogP contribution in [0, 0.1) is 24.5 Å². The van der Waals surface area contributed by atoms with E-state index in [9.17, 15) is 13.6 Å². The van der Waals surface area contributed by atoms with E-state index < -0.39 is 17.7 Å². The third-order valence-corrected chi connectivity index (χ3v) is 4.51. The molecule has 1 saturated heterocycles. The molecule has 3 rings (SSSR count). The molecule has 0 aliphatic carbocycles. The first kappa shape index (κ1) is 18.3. The van der Waals surface area contributed by atoms with Gasteiger partial charge in [-0.25, -0.2) is 8.78 Å². The number of carbonyl (C=O) groups excluding carboxylic acids is 1. The molecule has 0 saturated carbocycles. The largest absolute Gasteiger partial charge is 0.478 e. The third-order valence-electron chi connectivity index (χ3n) is 4.51. The lowest BCUT2D eigenvalue weighted by Gasteiger charge is -2.33. The summed E-state index contributed by atoms with van der Waals surface area (Å²) >= 11 is 0. The quantitative estimate of drug-likeness (QED) is 0.815. The van der Waals surface area contributed by atoms with Crippen molar-refractivity contribution < 1.29 is 22.8 Å². The molecule has 140 valence electrons. The van der Waals surface area contributed by atoms with Crippen molar-refractivity contribution in [2.45, 2.75) is 39.2 Å². The van der Waals surface area contributed by atoms with Crippen molar-refractivity contribution in [2.75, 3.05) is 13.1 Å². The number of likely N-dealkylation sites (tertiary alicyclic amines) is 1. The maximum Gasteiger partial charge on any atom is 0.263 e. The molecule has 1 aromatic carbocycles. The zero-order valence-electron chi connectivity index (χ0n) is 14.7. The van der Waals surface area contributed by atoms with Gasteiger partial charge in [0.1, 0.15) is 5.82 Å². The highest BCUT2D eigenvalue weighted by Gasteiger charge is 2.28. The number of hydrogen-bond acceptors (Lipinski definition) is 5. The van der Waals surface area contributed by atoms with Crippen LogP contribution in [0.15, 0.2) is 22.7 Å². The lowest BCUT2D eigenvalue weighted by atomic mass is 9.93. The van der Waals surface area contributed by atoms with E-state index in [1.54, 1.807) is 18.7 Å². The number of aromatic nitrogens is 2. The van der Waals surface area contributed by atoms with Gasteiger partial charge in [0.2, 0.25) is 5.89 Å². The highest BCUT2D eigenvalue weighted by molar-refractivity contribution is 5.81. The molecule has 0 N–H and O–H groups in total. The molecule has 0 spiro atoms.